The van der Waals surface area contributed by atoms with Crippen LogP contribution in [0.4, 0.5) is 5.82 Å². The largest absolute Gasteiger partial charge is 0.446 e. The maximum absolute atomic E-state index is 12.1. The van der Waals surface area contributed by atoms with Crippen LogP contribution in [0.1, 0.15) is 5.56 Å². The van der Waals surface area contributed by atoms with Crippen LogP contribution in [0.5, 0.6) is 0 Å². The van der Waals surface area contributed by atoms with Gasteiger partial charge in [0, 0.05) is 17.6 Å². The van der Waals surface area contributed by atoms with Gasteiger partial charge in [-0.1, -0.05) is 27.2 Å². The number of aryl methyl sites for hydroxylation is 1. The number of anilines is 1. The van der Waals surface area contributed by atoms with E-state index in [1.54, 1.807) is 12.1 Å². The predicted octanol–water partition coefficient (Wildman–Crippen LogP) is 0.151. The predicted molar refractivity (Wildman–Crippen MR) is 97.4 cm³/mol. The smallest absolute Gasteiger partial charge is 0.364 e. The second kappa shape index (κ2) is 7.59. The highest BCUT2D eigenvalue weighted by molar-refractivity contribution is 9.10. The topological polar surface area (TPSA) is 171 Å². The molecule has 0 spiro atoms. The maximum atomic E-state index is 12.1. The van der Waals surface area contributed by atoms with Crippen LogP contribution in [-0.2, 0) is 10.2 Å². The molecule has 0 aliphatic rings. The molecule has 0 saturated carbocycles. The van der Waals surface area contributed by atoms with Crippen molar-refractivity contribution in [3.63, 3.8) is 0 Å². The lowest BCUT2D eigenvalue weighted by atomic mass is 10.2. The van der Waals surface area contributed by atoms with E-state index in [-0.39, 0.29) is 30.4 Å². The molecule has 3 rings (SSSR count). The van der Waals surface area contributed by atoms with Crippen LogP contribution in [0.2, 0.25) is 0 Å². The highest BCUT2D eigenvalue weighted by atomic mass is 79.9. The highest BCUT2D eigenvalue weighted by Crippen LogP contribution is 2.26. The molecule has 0 unspecified atom stereocenters. The summed E-state index contributed by atoms with van der Waals surface area (Å²) in [6.07, 6.45) is 0. The molecular formula is C13H14BrN7O5S. The van der Waals surface area contributed by atoms with Crippen LogP contribution in [0.3, 0.4) is 0 Å². The Labute approximate surface area is 161 Å². The summed E-state index contributed by atoms with van der Waals surface area (Å²) in [4.78, 5) is 12.1. The molecule has 0 saturated heterocycles. The normalized spacial score (nSPS) is 11.7. The lowest BCUT2D eigenvalue weighted by molar-refractivity contribution is 0.309. The van der Waals surface area contributed by atoms with Gasteiger partial charge in [-0.3, -0.25) is 4.52 Å². The summed E-state index contributed by atoms with van der Waals surface area (Å²) in [5.41, 5.74) is 1.60. The van der Waals surface area contributed by atoms with Crippen molar-refractivity contribution in [2.24, 2.45) is 5.14 Å². The lowest BCUT2D eigenvalue weighted by Crippen LogP contribution is -2.34. The minimum absolute atomic E-state index is 0.00165. The fraction of sp³-hybridized carbons (Fsp3) is 0.231. The van der Waals surface area contributed by atoms with E-state index in [1.165, 1.54) is 4.57 Å². The Morgan fingerprint density at radius 1 is 1.26 bits per heavy atom. The molecule has 3 aromatic rings. The molecule has 27 heavy (non-hydrogen) atoms. The summed E-state index contributed by atoms with van der Waals surface area (Å²) >= 11 is 3.41. The fourth-order valence-electron chi connectivity index (χ4n) is 2.17. The lowest BCUT2D eigenvalue weighted by Gasteiger charge is -2.06. The Kier molecular flexibility index (Phi) is 5.41. The van der Waals surface area contributed by atoms with Gasteiger partial charge in [-0.15, -0.1) is 0 Å². The van der Waals surface area contributed by atoms with E-state index < -0.39 is 16.0 Å². The number of hydrogen-bond donors (Lipinski definition) is 3. The first kappa shape index (κ1) is 19.2. The summed E-state index contributed by atoms with van der Waals surface area (Å²) in [5.74, 6) is -0.496. The number of rotatable bonds is 7. The van der Waals surface area contributed by atoms with Crippen LogP contribution >= 0.6 is 15.9 Å². The van der Waals surface area contributed by atoms with Crippen LogP contribution in [0, 0.1) is 6.92 Å². The average Bonchev–Trinajstić information content (AvgIpc) is 3.19. The fourth-order valence-corrected chi connectivity index (χ4v) is 2.93. The Bertz CT molecular complexity index is 1120. The Hall–Kier alpha value is -2.55. The Morgan fingerprint density at radius 3 is 2.74 bits per heavy atom. The Morgan fingerprint density at radius 2 is 2.04 bits per heavy atom. The summed E-state index contributed by atoms with van der Waals surface area (Å²) in [6, 6.07) is 5.27. The van der Waals surface area contributed by atoms with Crippen LogP contribution in [-0.4, -0.2) is 41.5 Å². The van der Waals surface area contributed by atoms with E-state index in [9.17, 15) is 13.2 Å². The number of benzene rings is 1. The van der Waals surface area contributed by atoms with E-state index in [4.69, 9.17) is 14.3 Å². The van der Waals surface area contributed by atoms with Gasteiger partial charge >= 0.3 is 5.76 Å². The van der Waals surface area contributed by atoms with Gasteiger partial charge < -0.3 is 5.32 Å². The minimum atomic E-state index is -3.80. The maximum Gasteiger partial charge on any atom is 0.446 e. The SMILES string of the molecule is Cc1ccc(-n2c(-c3nonc3NCCNS(N)(=O)=O)noc2=O)cc1Br. The molecule has 0 radical (unpaired) electrons. The molecule has 144 valence electrons. The number of nitrogens with one attached hydrogen (secondary N) is 2. The first-order valence-electron chi connectivity index (χ1n) is 7.45. The molecule has 0 fully saturated rings. The molecule has 0 bridgehead atoms. The minimum Gasteiger partial charge on any atom is -0.364 e. The van der Waals surface area contributed by atoms with Gasteiger partial charge in [-0.05, 0) is 34.9 Å². The molecule has 4 N–H and O–H groups in total. The molecule has 1 aromatic carbocycles. The summed E-state index contributed by atoms with van der Waals surface area (Å²) in [5, 5.41) is 18.8. The first-order valence-corrected chi connectivity index (χ1v) is 9.79. The molecule has 2 heterocycles. The van der Waals surface area contributed by atoms with Gasteiger partial charge in [0.2, 0.25) is 11.6 Å². The number of halogens is 1. The van der Waals surface area contributed by atoms with Crippen LogP contribution in [0.15, 0.2) is 36.6 Å². The van der Waals surface area contributed by atoms with Crippen LogP contribution in [0.25, 0.3) is 17.2 Å². The van der Waals surface area contributed by atoms with Crippen molar-refractivity contribution in [2.45, 2.75) is 6.92 Å². The average molecular weight is 460 g/mol. The summed E-state index contributed by atoms with van der Waals surface area (Å²) in [6.45, 7) is 2.04. The van der Waals surface area contributed by atoms with E-state index in [0.717, 1.165) is 10.0 Å². The van der Waals surface area contributed by atoms with Gasteiger partial charge in [0.15, 0.2) is 5.69 Å². The van der Waals surface area contributed by atoms with Gasteiger partial charge in [-0.25, -0.2) is 23.9 Å². The molecule has 0 aliphatic heterocycles. The molecule has 2 aromatic heterocycles. The van der Waals surface area contributed by atoms with Crippen molar-refractivity contribution in [3.05, 3.63) is 38.8 Å². The van der Waals surface area contributed by atoms with Crippen molar-refractivity contribution in [1.82, 2.24) is 24.8 Å². The highest BCUT2D eigenvalue weighted by Gasteiger charge is 2.22. The number of nitrogens with two attached hydrogens (primary N) is 1. The van der Waals surface area contributed by atoms with Crippen LogP contribution < -0.4 is 20.9 Å². The summed E-state index contributed by atoms with van der Waals surface area (Å²) < 4.78 is 35.3. The second-order valence-corrected chi connectivity index (χ2v) is 7.60. The molecular weight excluding hydrogens is 446 g/mol. The van der Waals surface area contributed by atoms with Crippen molar-refractivity contribution in [1.29, 1.82) is 0 Å². The quantitative estimate of drug-likeness (QED) is 0.415. The van der Waals surface area contributed by atoms with Crippen molar-refractivity contribution in [3.8, 4) is 17.2 Å². The third kappa shape index (κ3) is 4.41. The van der Waals surface area contributed by atoms with E-state index in [0.29, 0.717) is 5.69 Å². The number of aromatic nitrogens is 4. The molecule has 0 atom stereocenters. The van der Waals surface area contributed by atoms with Gasteiger partial charge in [0.25, 0.3) is 10.2 Å². The van der Waals surface area contributed by atoms with E-state index >= 15 is 0 Å². The molecule has 0 amide bonds. The number of nitrogens with zero attached hydrogens (tertiary/aromatic N) is 4. The third-order valence-electron chi connectivity index (χ3n) is 3.44. The Balaban J connectivity index is 1.89. The molecule has 14 heteroatoms. The standard InChI is InChI=1S/C13H14BrN7O5S/c1-7-2-3-8(6-9(7)14)21-12(20-25-13(21)22)10-11(19-26-18-10)16-4-5-17-27(15,23)24/h2-3,6,17H,4-5H2,1H3,(H,16,19)(H2,15,23,24). The summed E-state index contributed by atoms with van der Waals surface area (Å²) in [7, 11) is -3.80. The monoisotopic (exact) mass is 459 g/mol. The zero-order valence-corrected chi connectivity index (χ0v) is 16.2. The first-order chi connectivity index (χ1) is 12.8. The van der Waals surface area contributed by atoms with Crippen molar-refractivity contribution >= 4 is 32.0 Å². The van der Waals surface area contributed by atoms with Crippen molar-refractivity contribution in [2.75, 3.05) is 18.4 Å². The van der Waals surface area contributed by atoms with E-state index in [1.807, 2.05) is 13.0 Å². The van der Waals surface area contributed by atoms with Gasteiger partial charge in [-0.2, -0.15) is 8.42 Å². The third-order valence-corrected chi connectivity index (χ3v) is 4.90. The second-order valence-electron chi connectivity index (χ2n) is 5.37. The van der Waals surface area contributed by atoms with Gasteiger partial charge in [0.05, 0.1) is 5.69 Å². The zero-order valence-electron chi connectivity index (χ0n) is 13.8. The van der Waals surface area contributed by atoms with Crippen molar-refractivity contribution < 1.29 is 17.6 Å². The molecule has 0 aliphatic carbocycles. The zero-order chi connectivity index (χ0) is 19.6. The molecule has 12 nitrogen and oxygen atoms in total. The van der Waals surface area contributed by atoms with E-state index in [2.05, 4.69) is 41.4 Å². The van der Waals surface area contributed by atoms with Gasteiger partial charge in [0.1, 0.15) is 0 Å². The number of hydrogen-bond acceptors (Lipinski definition) is 9.